The van der Waals surface area contributed by atoms with Crippen LogP contribution >= 0.6 is 11.8 Å². The van der Waals surface area contributed by atoms with E-state index in [1.807, 2.05) is 30.3 Å². The molecule has 33 heavy (non-hydrogen) atoms. The van der Waals surface area contributed by atoms with Crippen LogP contribution in [0.1, 0.15) is 40.8 Å². The first kappa shape index (κ1) is 21.2. The second kappa shape index (κ2) is 9.90. The third kappa shape index (κ3) is 4.62. The molecule has 0 aliphatic heterocycles. The van der Waals surface area contributed by atoms with Crippen molar-refractivity contribution >= 4 is 23.4 Å². The van der Waals surface area contributed by atoms with E-state index >= 15 is 0 Å². The van der Waals surface area contributed by atoms with E-state index in [0.29, 0.717) is 5.56 Å². The molecule has 160 valence electrons. The Morgan fingerprint density at radius 2 is 1.52 bits per heavy atom. The lowest BCUT2D eigenvalue weighted by atomic mass is 9.84. The van der Waals surface area contributed by atoms with Crippen LogP contribution in [0.5, 0.6) is 0 Å². The third-order valence-corrected chi connectivity index (χ3v) is 7.02. The highest BCUT2D eigenvalue weighted by atomic mass is 32.2. The van der Waals surface area contributed by atoms with Crippen LogP contribution in [0.4, 0.5) is 0 Å². The van der Waals surface area contributed by atoms with Crippen molar-refractivity contribution in [3.8, 4) is 17.2 Å². The highest BCUT2D eigenvalue weighted by Gasteiger charge is 2.25. The number of pyridine rings is 1. The molecule has 1 aliphatic carbocycles. The van der Waals surface area contributed by atoms with Gasteiger partial charge in [0.1, 0.15) is 11.1 Å². The zero-order valence-corrected chi connectivity index (χ0v) is 19.2. The number of nitrogens with zero attached hydrogens (tertiary/aromatic N) is 2. The smallest absolute Gasteiger partial charge is 0.115 e. The number of nitriles is 1. The Kier molecular flexibility index (Phi) is 6.37. The Balaban J connectivity index is 1.67. The lowest BCUT2D eigenvalue weighted by molar-refractivity contribution is 0.803. The summed E-state index contributed by atoms with van der Waals surface area (Å²) in [6.07, 6.45) is 5.26. The number of aromatic nitrogens is 1. The zero-order valence-electron chi connectivity index (χ0n) is 18.4. The van der Waals surface area contributed by atoms with Crippen LogP contribution < -0.4 is 0 Å². The maximum absolute atomic E-state index is 10.2. The van der Waals surface area contributed by atoms with Crippen molar-refractivity contribution in [1.82, 2.24) is 4.98 Å². The highest BCUT2D eigenvalue weighted by molar-refractivity contribution is 7.98. The second-order valence-corrected chi connectivity index (χ2v) is 9.14. The van der Waals surface area contributed by atoms with Gasteiger partial charge in [-0.25, -0.2) is 4.98 Å². The molecule has 5 rings (SSSR count). The molecule has 0 atom stereocenters. The van der Waals surface area contributed by atoms with E-state index in [0.717, 1.165) is 46.9 Å². The molecule has 0 N–H and O–H groups in total. The van der Waals surface area contributed by atoms with E-state index in [-0.39, 0.29) is 0 Å². The fourth-order valence-electron chi connectivity index (χ4n) is 4.43. The van der Waals surface area contributed by atoms with Crippen molar-refractivity contribution in [2.24, 2.45) is 0 Å². The van der Waals surface area contributed by atoms with Gasteiger partial charge in [0.25, 0.3) is 0 Å². The van der Waals surface area contributed by atoms with Crippen LogP contribution in [-0.2, 0) is 12.2 Å². The van der Waals surface area contributed by atoms with Gasteiger partial charge in [-0.15, -0.1) is 11.8 Å². The monoisotopic (exact) mass is 444 g/mol. The normalized spacial score (nSPS) is 14.0. The maximum Gasteiger partial charge on any atom is 0.115 e. The molecule has 0 spiro atoms. The van der Waals surface area contributed by atoms with Crippen molar-refractivity contribution < 1.29 is 0 Å². The maximum atomic E-state index is 10.2. The molecule has 2 nitrogen and oxygen atoms in total. The Labute approximate surface area is 199 Å². The van der Waals surface area contributed by atoms with Crippen LogP contribution in [-0.4, -0.2) is 4.98 Å². The summed E-state index contributed by atoms with van der Waals surface area (Å²) in [4.78, 5) is 5.14. The first-order chi connectivity index (χ1) is 16.3. The molecule has 0 saturated heterocycles. The van der Waals surface area contributed by atoms with E-state index in [1.54, 1.807) is 11.8 Å². The van der Waals surface area contributed by atoms with Gasteiger partial charge < -0.3 is 0 Å². The number of fused-ring (bicyclic) bond motifs is 1. The average Bonchev–Trinajstić information content (AvgIpc) is 2.88. The predicted molar refractivity (Wildman–Crippen MR) is 138 cm³/mol. The van der Waals surface area contributed by atoms with Crippen LogP contribution in [0.3, 0.4) is 0 Å². The molecular weight excluding hydrogens is 420 g/mol. The summed E-state index contributed by atoms with van der Waals surface area (Å²) in [6.45, 7) is 0. The van der Waals surface area contributed by atoms with Gasteiger partial charge in [-0.05, 0) is 53.2 Å². The fraction of sp³-hybridized carbons (Fsp3) is 0.133. The summed E-state index contributed by atoms with van der Waals surface area (Å²) in [5.41, 5.74) is 8.77. The number of benzene rings is 3. The summed E-state index contributed by atoms with van der Waals surface area (Å²) < 4.78 is 0. The molecule has 1 aliphatic rings. The molecule has 3 heteroatoms. The second-order valence-electron chi connectivity index (χ2n) is 8.18. The summed E-state index contributed by atoms with van der Waals surface area (Å²) >= 11 is 1.65. The van der Waals surface area contributed by atoms with E-state index in [1.165, 1.54) is 22.3 Å². The molecule has 3 aromatic carbocycles. The van der Waals surface area contributed by atoms with Crippen molar-refractivity contribution in [2.75, 3.05) is 0 Å². The lowest BCUT2D eigenvalue weighted by Crippen LogP contribution is -2.10. The first-order valence-corrected chi connectivity index (χ1v) is 12.3. The molecule has 0 bridgehead atoms. The summed E-state index contributed by atoms with van der Waals surface area (Å²) in [7, 11) is 0. The van der Waals surface area contributed by atoms with Crippen molar-refractivity contribution in [3.63, 3.8) is 0 Å². The summed E-state index contributed by atoms with van der Waals surface area (Å²) in [6, 6.07) is 33.7. The first-order valence-electron chi connectivity index (χ1n) is 11.3. The van der Waals surface area contributed by atoms with Gasteiger partial charge in [0, 0.05) is 11.3 Å². The molecule has 0 amide bonds. The topological polar surface area (TPSA) is 36.7 Å². The molecule has 4 aromatic rings. The molecule has 0 radical (unpaired) electrons. The van der Waals surface area contributed by atoms with Gasteiger partial charge in [0.05, 0.1) is 11.3 Å². The number of hydrogen-bond donors (Lipinski definition) is 0. The van der Waals surface area contributed by atoms with Gasteiger partial charge >= 0.3 is 0 Å². The summed E-state index contributed by atoms with van der Waals surface area (Å²) in [5.74, 6) is 0.785. The Morgan fingerprint density at radius 1 is 0.848 bits per heavy atom. The molecule has 0 unspecified atom stereocenters. The molecule has 0 saturated carbocycles. The summed E-state index contributed by atoms with van der Waals surface area (Å²) in [5, 5.41) is 11.1. The number of rotatable bonds is 5. The quantitative estimate of drug-likeness (QED) is 0.295. The standard InChI is InChI=1S/C30H24N2S/c31-20-27-28(24-15-8-3-9-16-24)26-18-10-17-25(19-22-11-4-1-5-12-22)29(26)32-30(27)33-21-23-13-6-2-7-14-23/h1-9,11-16,19H,10,17-18,21H2/b25-19+. The molecule has 0 fully saturated rings. The Hall–Kier alpha value is -3.61. The Bertz CT molecular complexity index is 1320. The SMILES string of the molecule is N#Cc1c(SCc2ccccc2)nc2c(c1-c1ccccc1)CCC/C2=C\c1ccccc1. The van der Waals surface area contributed by atoms with Crippen molar-refractivity contribution in [2.45, 2.75) is 30.0 Å². The van der Waals surface area contributed by atoms with E-state index in [9.17, 15) is 5.26 Å². The van der Waals surface area contributed by atoms with Gasteiger partial charge in [-0.2, -0.15) is 5.26 Å². The minimum absolute atomic E-state index is 0.696. The highest BCUT2D eigenvalue weighted by Crippen LogP contribution is 2.42. The lowest BCUT2D eigenvalue weighted by Gasteiger charge is -2.24. The molecular formula is C30H24N2S. The third-order valence-electron chi connectivity index (χ3n) is 5.98. The van der Waals surface area contributed by atoms with Crippen LogP contribution in [0.15, 0.2) is 96.0 Å². The Morgan fingerprint density at radius 3 is 2.21 bits per heavy atom. The minimum Gasteiger partial charge on any atom is -0.240 e. The van der Waals surface area contributed by atoms with Crippen LogP contribution in [0.2, 0.25) is 0 Å². The largest absolute Gasteiger partial charge is 0.240 e. The van der Waals surface area contributed by atoms with E-state index < -0.39 is 0 Å². The average molecular weight is 445 g/mol. The minimum atomic E-state index is 0.696. The fourth-order valence-corrected chi connectivity index (χ4v) is 5.38. The van der Waals surface area contributed by atoms with Gasteiger partial charge in [0.15, 0.2) is 0 Å². The van der Waals surface area contributed by atoms with E-state index in [2.05, 4.69) is 72.8 Å². The van der Waals surface area contributed by atoms with Crippen LogP contribution in [0, 0.1) is 11.3 Å². The van der Waals surface area contributed by atoms with E-state index in [4.69, 9.17) is 4.98 Å². The van der Waals surface area contributed by atoms with Crippen molar-refractivity contribution in [3.05, 3.63) is 119 Å². The molecule has 1 heterocycles. The van der Waals surface area contributed by atoms with Crippen LogP contribution in [0.25, 0.3) is 22.8 Å². The molecule has 1 aromatic heterocycles. The predicted octanol–water partition coefficient (Wildman–Crippen LogP) is 7.79. The zero-order chi connectivity index (χ0) is 22.5. The van der Waals surface area contributed by atoms with Gasteiger partial charge in [-0.1, -0.05) is 91.0 Å². The number of thioether (sulfide) groups is 1. The van der Waals surface area contributed by atoms with Gasteiger partial charge in [-0.3, -0.25) is 0 Å². The van der Waals surface area contributed by atoms with Gasteiger partial charge in [0.2, 0.25) is 0 Å². The van der Waals surface area contributed by atoms with Crippen molar-refractivity contribution in [1.29, 1.82) is 5.26 Å². The number of hydrogen-bond acceptors (Lipinski definition) is 3. The number of allylic oxidation sites excluding steroid dienone is 1.